The quantitative estimate of drug-likeness (QED) is 0.568. The molecule has 0 fully saturated rings. The van der Waals surface area contributed by atoms with Crippen LogP contribution in [0, 0.1) is 0 Å². The Morgan fingerprint density at radius 2 is 2.00 bits per heavy atom. The molecule has 0 aliphatic heterocycles. The van der Waals surface area contributed by atoms with E-state index in [1.54, 1.807) is 11.3 Å². The number of aryl methyl sites for hydroxylation is 1. The van der Waals surface area contributed by atoms with Crippen LogP contribution in [0.15, 0.2) is 24.3 Å². The van der Waals surface area contributed by atoms with Gasteiger partial charge in [0.2, 0.25) is 0 Å². The molecule has 0 N–H and O–H groups in total. The molecule has 102 valence electrons. The number of hydrogen-bond donors (Lipinski definition) is 0. The molecular weight excluding hydrogens is 280 g/mol. The third kappa shape index (κ3) is 4.18. The molecule has 0 unspecified atom stereocenters. The van der Waals surface area contributed by atoms with Gasteiger partial charge in [-0.15, -0.1) is 21.8 Å². The second-order valence-corrected chi connectivity index (χ2v) is 5.61. The first kappa shape index (κ1) is 14.3. The van der Waals surface area contributed by atoms with E-state index in [0.717, 1.165) is 47.2 Å². The van der Waals surface area contributed by atoms with Crippen molar-refractivity contribution in [1.29, 1.82) is 0 Å². The van der Waals surface area contributed by atoms with Crippen LogP contribution in [0.5, 0.6) is 5.75 Å². The maximum atomic E-state index is 5.69. The normalized spacial score (nSPS) is 10.6. The van der Waals surface area contributed by atoms with Gasteiger partial charge in [-0.2, -0.15) is 0 Å². The maximum Gasteiger partial charge on any atom is 0.147 e. The Morgan fingerprint density at radius 3 is 2.68 bits per heavy atom. The Hall–Kier alpha value is -1.13. The van der Waals surface area contributed by atoms with Crippen LogP contribution >= 0.6 is 22.9 Å². The molecule has 3 nitrogen and oxygen atoms in total. The highest BCUT2D eigenvalue weighted by atomic mass is 35.5. The van der Waals surface area contributed by atoms with Gasteiger partial charge in [-0.1, -0.05) is 24.7 Å². The van der Waals surface area contributed by atoms with Gasteiger partial charge in [0, 0.05) is 17.9 Å². The number of unbranched alkanes of at least 4 members (excludes halogenated alkanes) is 1. The summed E-state index contributed by atoms with van der Waals surface area (Å²) in [5, 5.41) is 10.2. The fourth-order valence-electron chi connectivity index (χ4n) is 1.58. The van der Waals surface area contributed by atoms with E-state index >= 15 is 0 Å². The molecule has 0 aliphatic carbocycles. The summed E-state index contributed by atoms with van der Waals surface area (Å²) in [5.74, 6) is 1.49. The highest BCUT2D eigenvalue weighted by molar-refractivity contribution is 7.14. The van der Waals surface area contributed by atoms with Crippen molar-refractivity contribution in [3.05, 3.63) is 29.3 Å². The van der Waals surface area contributed by atoms with E-state index in [2.05, 4.69) is 17.1 Å². The minimum atomic E-state index is 0.582. The van der Waals surface area contributed by atoms with Crippen LogP contribution in [0.1, 0.15) is 24.8 Å². The average Bonchev–Trinajstić information content (AvgIpc) is 2.89. The summed E-state index contributed by atoms with van der Waals surface area (Å²) in [5.41, 5.74) is 1.07. The maximum absolute atomic E-state index is 5.69. The first-order chi connectivity index (χ1) is 9.33. The average molecular weight is 297 g/mol. The number of ether oxygens (including phenoxy) is 1. The lowest BCUT2D eigenvalue weighted by molar-refractivity contribution is 0.309. The third-order valence-electron chi connectivity index (χ3n) is 2.64. The van der Waals surface area contributed by atoms with Gasteiger partial charge in [0.05, 0.1) is 6.61 Å². The molecule has 5 heteroatoms. The zero-order valence-corrected chi connectivity index (χ0v) is 12.5. The number of alkyl halides is 1. The molecule has 0 aliphatic rings. The zero-order valence-electron chi connectivity index (χ0n) is 10.9. The summed E-state index contributed by atoms with van der Waals surface area (Å²) in [6.45, 7) is 2.93. The van der Waals surface area contributed by atoms with E-state index in [4.69, 9.17) is 16.3 Å². The van der Waals surface area contributed by atoms with Crippen molar-refractivity contribution in [2.75, 3.05) is 12.5 Å². The van der Waals surface area contributed by atoms with Gasteiger partial charge in [0.1, 0.15) is 15.8 Å². The van der Waals surface area contributed by atoms with Crippen LogP contribution < -0.4 is 4.74 Å². The number of rotatable bonds is 7. The van der Waals surface area contributed by atoms with E-state index in [9.17, 15) is 0 Å². The molecule has 1 aromatic heterocycles. The van der Waals surface area contributed by atoms with Crippen molar-refractivity contribution in [2.24, 2.45) is 0 Å². The van der Waals surface area contributed by atoms with E-state index in [1.165, 1.54) is 0 Å². The number of halogens is 1. The number of benzene rings is 1. The van der Waals surface area contributed by atoms with Gasteiger partial charge in [-0.3, -0.25) is 0 Å². The fourth-order valence-corrected chi connectivity index (χ4v) is 2.72. The van der Waals surface area contributed by atoms with Crippen LogP contribution in [0.2, 0.25) is 0 Å². The third-order valence-corrected chi connectivity index (χ3v) is 3.86. The van der Waals surface area contributed by atoms with Crippen LogP contribution in [0.25, 0.3) is 10.6 Å². The predicted molar refractivity (Wildman–Crippen MR) is 80.2 cm³/mol. The van der Waals surface area contributed by atoms with E-state index < -0.39 is 0 Å². The Morgan fingerprint density at radius 1 is 1.21 bits per heavy atom. The molecule has 0 saturated carbocycles. The SMILES string of the molecule is CCCCOc1ccc(-c2nnc(CCCl)s2)cc1. The topological polar surface area (TPSA) is 35.0 Å². The molecule has 0 radical (unpaired) electrons. The second kappa shape index (κ2) is 7.46. The van der Waals surface area contributed by atoms with E-state index in [-0.39, 0.29) is 0 Å². The lowest BCUT2D eigenvalue weighted by Crippen LogP contribution is -1.95. The van der Waals surface area contributed by atoms with Crippen LogP contribution in [-0.2, 0) is 6.42 Å². The Bertz CT molecular complexity index is 498. The highest BCUT2D eigenvalue weighted by Crippen LogP contribution is 2.25. The molecule has 1 heterocycles. The monoisotopic (exact) mass is 296 g/mol. The molecule has 1 aromatic carbocycles. The van der Waals surface area contributed by atoms with Gasteiger partial charge >= 0.3 is 0 Å². The van der Waals surface area contributed by atoms with E-state index in [1.807, 2.05) is 24.3 Å². The molecular formula is C14H17ClN2OS. The molecule has 2 aromatic rings. The van der Waals surface area contributed by atoms with Crippen molar-refractivity contribution in [3.8, 4) is 16.3 Å². The van der Waals surface area contributed by atoms with Crippen molar-refractivity contribution >= 4 is 22.9 Å². The summed E-state index contributed by atoms with van der Waals surface area (Å²) < 4.78 is 5.63. The lowest BCUT2D eigenvalue weighted by atomic mass is 10.2. The standard InChI is InChI=1S/C14H17ClN2OS/c1-2-3-10-18-12-6-4-11(5-7-12)14-17-16-13(19-14)8-9-15/h4-7H,2-3,8-10H2,1H3. The summed E-state index contributed by atoms with van der Waals surface area (Å²) in [6, 6.07) is 8.00. The summed E-state index contributed by atoms with van der Waals surface area (Å²) in [7, 11) is 0. The van der Waals surface area contributed by atoms with Crippen molar-refractivity contribution in [3.63, 3.8) is 0 Å². The van der Waals surface area contributed by atoms with Gasteiger partial charge in [0.15, 0.2) is 0 Å². The van der Waals surface area contributed by atoms with Crippen molar-refractivity contribution < 1.29 is 4.74 Å². The van der Waals surface area contributed by atoms with Crippen LogP contribution in [0.4, 0.5) is 0 Å². The summed E-state index contributed by atoms with van der Waals surface area (Å²) >= 11 is 7.29. The Kier molecular flexibility index (Phi) is 5.61. The van der Waals surface area contributed by atoms with Crippen molar-refractivity contribution in [2.45, 2.75) is 26.2 Å². The number of aromatic nitrogens is 2. The molecule has 0 atom stereocenters. The largest absolute Gasteiger partial charge is 0.494 e. The Balaban J connectivity index is 2.00. The minimum absolute atomic E-state index is 0.582. The Labute approximate surface area is 122 Å². The molecule has 0 bridgehead atoms. The second-order valence-electron chi connectivity index (χ2n) is 4.17. The lowest BCUT2D eigenvalue weighted by Gasteiger charge is -2.05. The minimum Gasteiger partial charge on any atom is -0.494 e. The smallest absolute Gasteiger partial charge is 0.147 e. The van der Waals surface area contributed by atoms with E-state index in [0.29, 0.717) is 5.88 Å². The van der Waals surface area contributed by atoms with Crippen LogP contribution in [-0.4, -0.2) is 22.7 Å². The molecule has 19 heavy (non-hydrogen) atoms. The van der Waals surface area contributed by atoms with Crippen LogP contribution in [0.3, 0.4) is 0 Å². The first-order valence-corrected chi connectivity index (χ1v) is 7.80. The first-order valence-electron chi connectivity index (χ1n) is 6.45. The van der Waals surface area contributed by atoms with Gasteiger partial charge in [0.25, 0.3) is 0 Å². The fraction of sp³-hybridized carbons (Fsp3) is 0.429. The predicted octanol–water partition coefficient (Wildman–Crippen LogP) is 4.17. The number of nitrogens with zero attached hydrogens (tertiary/aromatic N) is 2. The highest BCUT2D eigenvalue weighted by Gasteiger charge is 2.06. The molecule has 2 rings (SSSR count). The number of hydrogen-bond acceptors (Lipinski definition) is 4. The molecule has 0 spiro atoms. The van der Waals surface area contributed by atoms with Gasteiger partial charge in [-0.25, -0.2) is 0 Å². The van der Waals surface area contributed by atoms with Gasteiger partial charge in [-0.05, 0) is 30.7 Å². The summed E-state index contributed by atoms with van der Waals surface area (Å²) in [6.07, 6.45) is 3.00. The molecule has 0 amide bonds. The van der Waals surface area contributed by atoms with Crippen molar-refractivity contribution in [1.82, 2.24) is 10.2 Å². The summed E-state index contributed by atoms with van der Waals surface area (Å²) in [4.78, 5) is 0. The van der Waals surface area contributed by atoms with Gasteiger partial charge < -0.3 is 4.74 Å². The zero-order chi connectivity index (χ0) is 13.5. The molecule has 0 saturated heterocycles.